The molecule has 2 fully saturated rings. The smallest absolute Gasteiger partial charge is 0.416 e. The van der Waals surface area contributed by atoms with Crippen molar-refractivity contribution >= 4 is 17.3 Å². The van der Waals surface area contributed by atoms with Crippen molar-refractivity contribution in [3.63, 3.8) is 0 Å². The lowest BCUT2D eigenvalue weighted by Crippen LogP contribution is -2.09. The third-order valence-electron chi connectivity index (χ3n) is 8.10. The molecule has 37 heavy (non-hydrogen) atoms. The van der Waals surface area contributed by atoms with Crippen LogP contribution in [-0.4, -0.2) is 25.4 Å². The van der Waals surface area contributed by atoms with Gasteiger partial charge in [0.1, 0.15) is 22.9 Å². The molecule has 2 saturated carbocycles. The Hall–Kier alpha value is -3.88. The van der Waals surface area contributed by atoms with Gasteiger partial charge in [-0.15, -0.1) is 0 Å². The second-order valence-electron chi connectivity index (χ2n) is 10.2. The van der Waals surface area contributed by atoms with Crippen LogP contribution in [0.3, 0.4) is 0 Å². The van der Waals surface area contributed by atoms with Crippen LogP contribution in [0.1, 0.15) is 54.1 Å². The highest BCUT2D eigenvalue weighted by atomic mass is 19.4. The molecule has 2 aliphatic carbocycles. The molecule has 9 heteroatoms. The van der Waals surface area contributed by atoms with E-state index in [4.69, 9.17) is 10.7 Å². The van der Waals surface area contributed by atoms with Crippen LogP contribution >= 0.6 is 0 Å². The molecule has 6 rings (SSSR count). The van der Waals surface area contributed by atoms with Crippen molar-refractivity contribution in [2.75, 3.05) is 5.73 Å². The number of aliphatic carboxylic acids is 1. The molecule has 0 aliphatic heterocycles. The Bertz CT molecular complexity index is 1500. The predicted octanol–water partition coefficient (Wildman–Crippen LogP) is 5.97. The number of halogens is 3. The summed E-state index contributed by atoms with van der Waals surface area (Å²) in [6, 6.07) is 13.0. The van der Waals surface area contributed by atoms with E-state index in [1.54, 1.807) is 12.3 Å². The molecule has 0 bridgehead atoms. The van der Waals surface area contributed by atoms with Crippen molar-refractivity contribution in [1.29, 1.82) is 0 Å². The second kappa shape index (κ2) is 8.33. The highest BCUT2D eigenvalue weighted by molar-refractivity contribution is 5.85. The average Bonchev–Trinajstić information content (AvgIpc) is 3.20. The number of aromatic nitrogens is 3. The first-order chi connectivity index (χ1) is 17.6. The Morgan fingerprint density at radius 1 is 1.11 bits per heavy atom. The van der Waals surface area contributed by atoms with E-state index in [-0.39, 0.29) is 29.6 Å². The van der Waals surface area contributed by atoms with Gasteiger partial charge in [0.05, 0.1) is 11.5 Å². The molecule has 6 nitrogen and oxygen atoms in total. The van der Waals surface area contributed by atoms with Gasteiger partial charge in [-0.05, 0) is 41.9 Å². The largest absolute Gasteiger partial charge is 0.481 e. The van der Waals surface area contributed by atoms with Crippen LogP contribution in [0.4, 0.5) is 19.0 Å². The Kier molecular flexibility index (Phi) is 5.29. The number of benzene rings is 2. The fraction of sp³-hybridized carbons (Fsp3) is 0.321. The van der Waals surface area contributed by atoms with Crippen molar-refractivity contribution in [2.45, 2.75) is 37.8 Å². The summed E-state index contributed by atoms with van der Waals surface area (Å²) in [6.45, 7) is 1.88. The van der Waals surface area contributed by atoms with Crippen molar-refractivity contribution in [1.82, 2.24) is 14.4 Å². The second-order valence-corrected chi connectivity index (χ2v) is 10.2. The lowest BCUT2D eigenvalue weighted by molar-refractivity contribution is -0.139. The number of imidazole rings is 1. The van der Waals surface area contributed by atoms with Crippen molar-refractivity contribution in [2.24, 2.45) is 17.8 Å². The quantitative estimate of drug-likeness (QED) is 0.348. The minimum absolute atomic E-state index is 0.147. The molecule has 190 valence electrons. The number of nitrogens with zero attached hydrogens (tertiary/aromatic N) is 3. The van der Waals surface area contributed by atoms with Crippen LogP contribution in [0.5, 0.6) is 0 Å². The van der Waals surface area contributed by atoms with Gasteiger partial charge >= 0.3 is 12.1 Å². The summed E-state index contributed by atoms with van der Waals surface area (Å²) in [7, 11) is 0. The zero-order valence-corrected chi connectivity index (χ0v) is 20.0. The summed E-state index contributed by atoms with van der Waals surface area (Å²) >= 11 is 0. The first-order valence-electron chi connectivity index (χ1n) is 12.3. The van der Waals surface area contributed by atoms with Gasteiger partial charge in [-0.2, -0.15) is 13.2 Å². The van der Waals surface area contributed by atoms with E-state index in [0.29, 0.717) is 22.6 Å². The molecule has 2 aliphatic rings. The molecule has 2 aromatic heterocycles. The molecule has 0 radical (unpaired) electrons. The minimum Gasteiger partial charge on any atom is -0.481 e. The lowest BCUT2D eigenvalue weighted by atomic mass is 9.91. The molecule has 5 atom stereocenters. The summed E-state index contributed by atoms with van der Waals surface area (Å²) in [4.78, 5) is 20.6. The molecular formula is C28H25F3N4O2. The van der Waals surface area contributed by atoms with Gasteiger partial charge in [-0.25, -0.2) is 9.97 Å². The van der Waals surface area contributed by atoms with Crippen LogP contribution in [0.2, 0.25) is 0 Å². The molecule has 0 saturated heterocycles. The highest BCUT2D eigenvalue weighted by Gasteiger charge is 2.60. The standard InChI is InChI=1S/C28H25F3N4O2/c1-14(17-3-2-4-19(11-17)28(29,30)31)15-5-7-16(8-6-15)23-24-25(32)33-9-10-35(24)26(34-23)18-12-20-21(13-18)22(20)27(36)37/h2-11,14,18,20-22H,12-13H2,1H3,(H2,32,33)(H,36,37)/t14-,18?,20-,21+,22?/m0/s1. The zero-order chi connectivity index (χ0) is 26.1. The summed E-state index contributed by atoms with van der Waals surface area (Å²) in [6.07, 6.45) is 0.653. The van der Waals surface area contributed by atoms with Crippen molar-refractivity contribution in [3.05, 3.63) is 83.4 Å². The van der Waals surface area contributed by atoms with Crippen molar-refractivity contribution < 1.29 is 23.1 Å². The highest BCUT2D eigenvalue weighted by Crippen LogP contribution is 2.62. The first-order valence-corrected chi connectivity index (χ1v) is 12.3. The third-order valence-corrected chi connectivity index (χ3v) is 8.10. The number of carboxylic acid groups (broad SMARTS) is 1. The van der Waals surface area contributed by atoms with E-state index in [1.165, 1.54) is 12.1 Å². The fourth-order valence-corrected chi connectivity index (χ4v) is 6.10. The number of nitrogens with two attached hydrogens (primary N) is 1. The molecule has 4 aromatic rings. The third kappa shape index (κ3) is 3.93. The number of fused-ring (bicyclic) bond motifs is 2. The molecule has 2 unspecified atom stereocenters. The van der Waals surface area contributed by atoms with Gasteiger partial charge in [0, 0.05) is 29.8 Å². The number of carbonyl (C=O) groups is 1. The maximum Gasteiger partial charge on any atom is 0.416 e. The summed E-state index contributed by atoms with van der Waals surface area (Å²) < 4.78 is 41.5. The SMILES string of the molecule is C[C@@H](c1ccc(-c2nc(C3C[C@@H]4C(C(=O)O)[C@@H]4C3)n3ccnc(N)c23)cc1)c1cccc(C(F)(F)F)c1. The molecule has 0 amide bonds. The Labute approximate surface area is 211 Å². The predicted molar refractivity (Wildman–Crippen MR) is 132 cm³/mol. The van der Waals surface area contributed by atoms with Crippen LogP contribution in [-0.2, 0) is 11.0 Å². The van der Waals surface area contributed by atoms with Crippen LogP contribution in [0, 0.1) is 17.8 Å². The van der Waals surface area contributed by atoms with Gasteiger partial charge in [0.2, 0.25) is 0 Å². The number of hydrogen-bond donors (Lipinski definition) is 2. The maximum atomic E-state index is 13.2. The van der Waals surface area contributed by atoms with Gasteiger partial charge in [-0.1, -0.05) is 49.4 Å². The van der Waals surface area contributed by atoms with Gasteiger partial charge in [-0.3, -0.25) is 9.20 Å². The number of nitrogen functional groups attached to an aromatic ring is 1. The topological polar surface area (TPSA) is 93.5 Å². The average molecular weight is 507 g/mol. The van der Waals surface area contributed by atoms with E-state index in [0.717, 1.165) is 35.9 Å². The normalized spacial score (nSPS) is 23.7. The van der Waals surface area contributed by atoms with Gasteiger partial charge < -0.3 is 10.8 Å². The summed E-state index contributed by atoms with van der Waals surface area (Å²) in [5, 5.41) is 9.36. The Balaban J connectivity index is 1.31. The molecule has 2 heterocycles. The van der Waals surface area contributed by atoms with E-state index < -0.39 is 17.7 Å². The monoisotopic (exact) mass is 506 g/mol. The summed E-state index contributed by atoms with van der Waals surface area (Å²) in [5.41, 5.74) is 9.30. The molecular weight excluding hydrogens is 481 g/mol. The van der Waals surface area contributed by atoms with E-state index in [1.807, 2.05) is 41.8 Å². The first kappa shape index (κ1) is 23.5. The van der Waals surface area contributed by atoms with Gasteiger partial charge in [0.15, 0.2) is 0 Å². The minimum atomic E-state index is -4.39. The molecule has 2 aromatic carbocycles. The van der Waals surface area contributed by atoms with E-state index in [9.17, 15) is 23.1 Å². The Morgan fingerprint density at radius 3 is 2.46 bits per heavy atom. The van der Waals surface area contributed by atoms with Gasteiger partial charge in [0.25, 0.3) is 0 Å². The number of anilines is 1. The van der Waals surface area contributed by atoms with Crippen LogP contribution in [0.15, 0.2) is 60.9 Å². The van der Waals surface area contributed by atoms with Crippen LogP contribution < -0.4 is 5.73 Å². The number of hydrogen-bond acceptors (Lipinski definition) is 4. The number of carboxylic acids is 1. The number of rotatable bonds is 5. The summed E-state index contributed by atoms with van der Waals surface area (Å²) in [5.74, 6) is 0.581. The zero-order valence-electron chi connectivity index (χ0n) is 20.0. The Morgan fingerprint density at radius 2 is 1.81 bits per heavy atom. The maximum absolute atomic E-state index is 13.2. The van der Waals surface area contributed by atoms with Crippen molar-refractivity contribution in [3.8, 4) is 11.3 Å². The lowest BCUT2D eigenvalue weighted by Gasteiger charge is -2.15. The van der Waals surface area contributed by atoms with E-state index >= 15 is 0 Å². The van der Waals surface area contributed by atoms with E-state index in [2.05, 4.69) is 4.98 Å². The molecule has 0 spiro atoms. The van der Waals surface area contributed by atoms with Crippen LogP contribution in [0.25, 0.3) is 16.8 Å². The fourth-order valence-electron chi connectivity index (χ4n) is 6.10. The number of alkyl halides is 3. The molecule has 3 N–H and O–H groups in total.